The number of guanidine groups is 1. The molecule has 1 N–H and O–H groups in total. The quantitative estimate of drug-likeness (QED) is 0.670. The van der Waals surface area contributed by atoms with Gasteiger partial charge in [-0.05, 0) is 26.0 Å². The molecule has 6 nitrogen and oxygen atoms in total. The van der Waals surface area contributed by atoms with Crippen LogP contribution in [0.5, 0.6) is 0 Å². The first kappa shape index (κ1) is 17.7. The number of anilines is 1. The second-order valence-electron chi connectivity index (χ2n) is 6.13. The maximum absolute atomic E-state index is 4.49. The average molecular weight is 359 g/mol. The Kier molecular flexibility index (Phi) is 5.86. The Morgan fingerprint density at radius 1 is 1.24 bits per heavy atom. The Balaban J connectivity index is 1.48. The van der Waals surface area contributed by atoms with Gasteiger partial charge in [-0.1, -0.05) is 6.07 Å². The van der Waals surface area contributed by atoms with Crippen LogP contribution in [-0.4, -0.2) is 60.6 Å². The van der Waals surface area contributed by atoms with Gasteiger partial charge in [0.05, 0.1) is 10.7 Å². The monoisotopic (exact) mass is 358 g/mol. The fraction of sp³-hybridized carbons (Fsp3) is 0.500. The zero-order valence-corrected chi connectivity index (χ0v) is 16.0. The van der Waals surface area contributed by atoms with Crippen LogP contribution in [0.1, 0.15) is 15.6 Å². The van der Waals surface area contributed by atoms with Gasteiger partial charge in [-0.15, -0.1) is 11.3 Å². The van der Waals surface area contributed by atoms with Crippen molar-refractivity contribution in [1.82, 2.24) is 20.2 Å². The summed E-state index contributed by atoms with van der Waals surface area (Å²) in [5, 5.41) is 4.64. The van der Waals surface area contributed by atoms with Gasteiger partial charge < -0.3 is 15.1 Å². The summed E-state index contributed by atoms with van der Waals surface area (Å²) in [5.74, 6) is 2.04. The molecule has 0 aromatic carbocycles. The van der Waals surface area contributed by atoms with E-state index in [0.717, 1.165) is 61.6 Å². The minimum absolute atomic E-state index is 0.885. The number of hydrogen-bond donors (Lipinski definition) is 1. The molecule has 0 atom stereocenters. The summed E-state index contributed by atoms with van der Waals surface area (Å²) in [4.78, 5) is 19.4. The predicted molar refractivity (Wildman–Crippen MR) is 105 cm³/mol. The van der Waals surface area contributed by atoms with Crippen molar-refractivity contribution in [1.29, 1.82) is 0 Å². The third-order valence-electron chi connectivity index (χ3n) is 4.40. The van der Waals surface area contributed by atoms with Crippen molar-refractivity contribution in [2.75, 3.05) is 44.7 Å². The molecule has 7 heteroatoms. The lowest BCUT2D eigenvalue weighted by molar-refractivity contribution is 0.372. The molecular weight excluding hydrogens is 332 g/mol. The second kappa shape index (κ2) is 8.29. The minimum Gasteiger partial charge on any atom is -0.356 e. The van der Waals surface area contributed by atoms with Crippen LogP contribution in [0.2, 0.25) is 0 Å². The standard InChI is InChI=1S/C18H26N6S/c1-14-16(25-15(2)22-14)7-9-21-18(19-3)24-12-10-23(11-13-24)17-6-4-5-8-20-17/h4-6,8H,7,9-13H2,1-3H3,(H,19,21). The molecule has 1 aliphatic rings. The molecule has 2 aromatic rings. The van der Waals surface area contributed by atoms with Crippen LogP contribution in [0.3, 0.4) is 0 Å². The predicted octanol–water partition coefficient (Wildman–Crippen LogP) is 2.10. The Labute approximate surface area is 153 Å². The molecule has 0 bridgehead atoms. The summed E-state index contributed by atoms with van der Waals surface area (Å²) in [5.41, 5.74) is 1.16. The molecule has 25 heavy (non-hydrogen) atoms. The van der Waals surface area contributed by atoms with Crippen LogP contribution < -0.4 is 10.2 Å². The van der Waals surface area contributed by atoms with Crippen molar-refractivity contribution in [2.24, 2.45) is 4.99 Å². The number of aryl methyl sites for hydroxylation is 2. The molecule has 1 aliphatic heterocycles. The zero-order chi connectivity index (χ0) is 17.6. The maximum atomic E-state index is 4.49. The van der Waals surface area contributed by atoms with Crippen LogP contribution in [-0.2, 0) is 6.42 Å². The van der Waals surface area contributed by atoms with E-state index in [4.69, 9.17) is 0 Å². The second-order valence-corrected chi connectivity index (χ2v) is 7.42. The van der Waals surface area contributed by atoms with Crippen molar-refractivity contribution >= 4 is 23.1 Å². The molecule has 3 heterocycles. The van der Waals surface area contributed by atoms with Gasteiger partial charge in [0.25, 0.3) is 0 Å². The van der Waals surface area contributed by atoms with E-state index in [1.54, 1.807) is 11.3 Å². The molecule has 1 fully saturated rings. The first-order chi connectivity index (χ1) is 12.2. The third-order valence-corrected chi connectivity index (χ3v) is 5.53. The summed E-state index contributed by atoms with van der Waals surface area (Å²) in [6, 6.07) is 6.07. The van der Waals surface area contributed by atoms with Crippen molar-refractivity contribution in [3.8, 4) is 0 Å². The molecule has 0 amide bonds. The number of thiazole rings is 1. The van der Waals surface area contributed by atoms with Crippen LogP contribution >= 0.6 is 11.3 Å². The fourth-order valence-corrected chi connectivity index (χ4v) is 4.05. The zero-order valence-electron chi connectivity index (χ0n) is 15.2. The van der Waals surface area contributed by atoms with Crippen molar-refractivity contribution in [3.05, 3.63) is 40.0 Å². The highest BCUT2D eigenvalue weighted by atomic mass is 32.1. The van der Waals surface area contributed by atoms with Gasteiger partial charge in [0.1, 0.15) is 5.82 Å². The minimum atomic E-state index is 0.885. The summed E-state index contributed by atoms with van der Waals surface area (Å²) in [7, 11) is 1.86. The van der Waals surface area contributed by atoms with Gasteiger partial charge in [-0.2, -0.15) is 0 Å². The smallest absolute Gasteiger partial charge is 0.193 e. The topological polar surface area (TPSA) is 56.7 Å². The van der Waals surface area contributed by atoms with Crippen molar-refractivity contribution in [2.45, 2.75) is 20.3 Å². The Morgan fingerprint density at radius 2 is 2.04 bits per heavy atom. The van der Waals surface area contributed by atoms with E-state index in [-0.39, 0.29) is 0 Å². The molecule has 0 unspecified atom stereocenters. The molecular formula is C18H26N6S. The maximum Gasteiger partial charge on any atom is 0.193 e. The van der Waals surface area contributed by atoms with E-state index in [1.165, 1.54) is 4.88 Å². The number of piperazine rings is 1. The third kappa shape index (κ3) is 4.48. The first-order valence-electron chi connectivity index (χ1n) is 8.72. The van der Waals surface area contributed by atoms with Gasteiger partial charge >= 0.3 is 0 Å². The van der Waals surface area contributed by atoms with E-state index in [2.05, 4.69) is 50.0 Å². The molecule has 0 aliphatic carbocycles. The van der Waals surface area contributed by atoms with Gasteiger partial charge in [-0.3, -0.25) is 4.99 Å². The molecule has 0 radical (unpaired) electrons. The molecule has 134 valence electrons. The number of hydrogen-bond acceptors (Lipinski definition) is 5. The number of rotatable bonds is 4. The summed E-state index contributed by atoms with van der Waals surface area (Å²) in [6.07, 6.45) is 2.84. The Morgan fingerprint density at radius 3 is 2.64 bits per heavy atom. The van der Waals surface area contributed by atoms with Gasteiger partial charge in [-0.25, -0.2) is 9.97 Å². The number of aromatic nitrogens is 2. The number of aliphatic imine (C=N–C) groups is 1. The van der Waals surface area contributed by atoms with Crippen LogP contribution in [0.25, 0.3) is 0 Å². The van der Waals surface area contributed by atoms with Gasteiger partial charge in [0.2, 0.25) is 0 Å². The average Bonchev–Trinajstić information content (AvgIpc) is 2.97. The number of nitrogens with one attached hydrogen (secondary N) is 1. The summed E-state index contributed by atoms with van der Waals surface area (Å²) >= 11 is 1.79. The Bertz CT molecular complexity index is 704. The summed E-state index contributed by atoms with van der Waals surface area (Å²) < 4.78 is 0. The fourth-order valence-electron chi connectivity index (χ4n) is 3.11. The van der Waals surface area contributed by atoms with Gasteiger partial charge in [0.15, 0.2) is 5.96 Å². The molecule has 0 saturated carbocycles. The lowest BCUT2D eigenvalue weighted by Crippen LogP contribution is -2.53. The van der Waals surface area contributed by atoms with Gasteiger partial charge in [0, 0.05) is 57.3 Å². The largest absolute Gasteiger partial charge is 0.356 e. The molecule has 2 aromatic heterocycles. The van der Waals surface area contributed by atoms with Crippen LogP contribution in [0.4, 0.5) is 5.82 Å². The van der Waals surface area contributed by atoms with E-state index in [1.807, 2.05) is 25.4 Å². The normalized spacial score (nSPS) is 15.6. The molecule has 3 rings (SSSR count). The summed E-state index contributed by atoms with van der Waals surface area (Å²) in [6.45, 7) is 8.87. The van der Waals surface area contributed by atoms with E-state index in [9.17, 15) is 0 Å². The Hall–Kier alpha value is -2.15. The highest BCUT2D eigenvalue weighted by Crippen LogP contribution is 2.17. The van der Waals surface area contributed by atoms with Crippen molar-refractivity contribution < 1.29 is 0 Å². The SMILES string of the molecule is CN=C(NCCc1sc(C)nc1C)N1CCN(c2ccccn2)CC1. The van der Waals surface area contributed by atoms with Crippen LogP contribution in [0.15, 0.2) is 29.4 Å². The molecule has 0 spiro atoms. The lowest BCUT2D eigenvalue weighted by atomic mass is 10.3. The van der Waals surface area contributed by atoms with E-state index in [0.29, 0.717) is 0 Å². The number of pyridine rings is 1. The number of nitrogens with zero attached hydrogens (tertiary/aromatic N) is 5. The highest BCUT2D eigenvalue weighted by molar-refractivity contribution is 7.11. The van der Waals surface area contributed by atoms with E-state index >= 15 is 0 Å². The lowest BCUT2D eigenvalue weighted by Gasteiger charge is -2.37. The molecule has 1 saturated heterocycles. The van der Waals surface area contributed by atoms with Crippen LogP contribution in [0, 0.1) is 13.8 Å². The van der Waals surface area contributed by atoms with Crippen molar-refractivity contribution in [3.63, 3.8) is 0 Å². The van der Waals surface area contributed by atoms with E-state index < -0.39 is 0 Å². The highest BCUT2D eigenvalue weighted by Gasteiger charge is 2.20. The first-order valence-corrected chi connectivity index (χ1v) is 9.53.